The van der Waals surface area contributed by atoms with Crippen LogP contribution < -0.4 is 11.1 Å². The SMILES string of the molecule is CC(C)(C)c1cnc(CCS2=CN=C(NC(=O)C3CCN(CCOCCN)CC3)S2)o1. The van der Waals surface area contributed by atoms with Gasteiger partial charge in [0, 0.05) is 36.6 Å². The number of carbonyl (C=O) groups excluding carboxylic acids is 1. The molecule has 2 aliphatic rings. The molecule has 0 aliphatic carbocycles. The Labute approximate surface area is 191 Å². The van der Waals surface area contributed by atoms with Crippen LogP contribution in [0.5, 0.6) is 0 Å². The van der Waals surface area contributed by atoms with E-state index in [4.69, 9.17) is 14.9 Å². The zero-order valence-electron chi connectivity index (χ0n) is 18.8. The Kier molecular flexibility index (Phi) is 9.15. The summed E-state index contributed by atoms with van der Waals surface area (Å²) in [6.45, 7) is 11.0. The van der Waals surface area contributed by atoms with Gasteiger partial charge in [-0.2, -0.15) is 0 Å². The van der Waals surface area contributed by atoms with Crippen LogP contribution in [0, 0.1) is 5.92 Å². The molecule has 1 amide bonds. The number of hydrogen-bond donors (Lipinski definition) is 2. The van der Waals surface area contributed by atoms with E-state index in [1.165, 1.54) is 0 Å². The fraction of sp³-hybridized carbons (Fsp3) is 0.714. The molecule has 1 aromatic heterocycles. The van der Waals surface area contributed by atoms with Crippen LogP contribution in [0.2, 0.25) is 0 Å². The number of ether oxygens (including phenoxy) is 1. The molecule has 8 nitrogen and oxygen atoms in total. The summed E-state index contributed by atoms with van der Waals surface area (Å²) in [5.74, 6) is 2.72. The van der Waals surface area contributed by atoms with Crippen LogP contribution in [0.4, 0.5) is 0 Å². The number of carbonyl (C=O) groups is 1. The van der Waals surface area contributed by atoms with E-state index in [0.29, 0.717) is 24.9 Å². The lowest BCUT2D eigenvalue weighted by molar-refractivity contribution is -0.124. The zero-order valence-corrected chi connectivity index (χ0v) is 20.4. The normalized spacial score (nSPS) is 20.5. The highest BCUT2D eigenvalue weighted by molar-refractivity contribution is 8.89. The second-order valence-corrected chi connectivity index (χ2v) is 12.6. The molecule has 1 saturated heterocycles. The average molecular weight is 470 g/mol. The van der Waals surface area contributed by atoms with Crippen molar-refractivity contribution in [3.63, 3.8) is 0 Å². The van der Waals surface area contributed by atoms with E-state index >= 15 is 0 Å². The summed E-state index contributed by atoms with van der Waals surface area (Å²) in [6.07, 6.45) is 4.34. The van der Waals surface area contributed by atoms with Gasteiger partial charge in [0.05, 0.1) is 24.9 Å². The number of amides is 1. The number of nitrogens with one attached hydrogen (secondary N) is 1. The maximum absolute atomic E-state index is 12.6. The summed E-state index contributed by atoms with van der Waals surface area (Å²) >= 11 is 0. The first kappa shape index (κ1) is 24.4. The van der Waals surface area contributed by atoms with Crippen LogP contribution >= 0.6 is 20.3 Å². The van der Waals surface area contributed by atoms with E-state index in [2.05, 4.69) is 41.0 Å². The van der Waals surface area contributed by atoms with E-state index in [0.717, 1.165) is 56.3 Å². The average Bonchev–Trinajstić information content (AvgIpc) is 3.39. The second-order valence-electron chi connectivity index (χ2n) is 8.83. The third kappa shape index (κ3) is 7.71. The van der Waals surface area contributed by atoms with Gasteiger partial charge in [-0.25, -0.2) is 9.98 Å². The van der Waals surface area contributed by atoms with Crippen molar-refractivity contribution in [1.29, 1.82) is 0 Å². The summed E-state index contributed by atoms with van der Waals surface area (Å²) < 4.78 is 11.3. The minimum Gasteiger partial charge on any atom is -0.445 e. The van der Waals surface area contributed by atoms with Gasteiger partial charge >= 0.3 is 0 Å². The molecule has 174 valence electrons. The van der Waals surface area contributed by atoms with Gasteiger partial charge in [0.1, 0.15) is 5.76 Å². The third-order valence-corrected chi connectivity index (χ3v) is 8.69. The van der Waals surface area contributed by atoms with Crippen LogP contribution in [0.3, 0.4) is 0 Å². The molecule has 3 N–H and O–H groups in total. The first-order valence-electron chi connectivity index (χ1n) is 10.9. The van der Waals surface area contributed by atoms with Crippen molar-refractivity contribution < 1.29 is 13.9 Å². The van der Waals surface area contributed by atoms with Crippen LogP contribution in [0.25, 0.3) is 0 Å². The Balaban J connectivity index is 1.33. The van der Waals surface area contributed by atoms with Crippen molar-refractivity contribution in [2.24, 2.45) is 16.6 Å². The van der Waals surface area contributed by atoms with E-state index in [1.807, 2.05) is 11.7 Å². The molecular formula is C21H35N5O3S2. The Bertz CT molecular complexity index is 795. The number of amidine groups is 1. The monoisotopic (exact) mass is 469 g/mol. The number of nitrogens with two attached hydrogens (primary N) is 1. The minimum absolute atomic E-state index is 0.0310. The molecule has 0 spiro atoms. The molecule has 2 aliphatic heterocycles. The molecule has 0 radical (unpaired) electrons. The highest BCUT2D eigenvalue weighted by atomic mass is 33.1. The van der Waals surface area contributed by atoms with Gasteiger partial charge in [0.2, 0.25) is 5.91 Å². The molecule has 1 unspecified atom stereocenters. The molecule has 0 aromatic carbocycles. The number of aromatic nitrogens is 1. The lowest BCUT2D eigenvalue weighted by atomic mass is 9.94. The van der Waals surface area contributed by atoms with Gasteiger partial charge in [0.15, 0.2) is 11.1 Å². The number of piperidine rings is 1. The van der Waals surface area contributed by atoms with Gasteiger partial charge < -0.3 is 25.1 Å². The van der Waals surface area contributed by atoms with Crippen molar-refractivity contribution in [2.45, 2.75) is 45.4 Å². The van der Waals surface area contributed by atoms with E-state index < -0.39 is 0 Å². The Morgan fingerprint density at radius 1 is 1.39 bits per heavy atom. The lowest BCUT2D eigenvalue weighted by Gasteiger charge is -2.31. The highest BCUT2D eigenvalue weighted by Gasteiger charge is 2.26. The van der Waals surface area contributed by atoms with Gasteiger partial charge in [-0.15, -0.1) is 9.52 Å². The van der Waals surface area contributed by atoms with Crippen molar-refractivity contribution in [1.82, 2.24) is 15.2 Å². The Morgan fingerprint density at radius 3 is 2.84 bits per heavy atom. The van der Waals surface area contributed by atoms with Gasteiger partial charge in [-0.05, 0) is 36.7 Å². The quantitative estimate of drug-likeness (QED) is 0.325. The largest absolute Gasteiger partial charge is 0.445 e. The first-order chi connectivity index (χ1) is 14.8. The highest BCUT2D eigenvalue weighted by Crippen LogP contribution is 2.35. The number of rotatable bonds is 9. The van der Waals surface area contributed by atoms with E-state index in [1.54, 1.807) is 10.8 Å². The zero-order chi connectivity index (χ0) is 22.3. The maximum atomic E-state index is 12.6. The minimum atomic E-state index is -0.0603. The summed E-state index contributed by atoms with van der Waals surface area (Å²) in [6, 6.07) is 0. The molecule has 1 atom stereocenters. The van der Waals surface area contributed by atoms with Crippen molar-refractivity contribution >= 4 is 36.9 Å². The fourth-order valence-corrected chi connectivity index (χ4v) is 6.32. The summed E-state index contributed by atoms with van der Waals surface area (Å²) in [5.41, 5.74) is 7.34. The first-order valence-corrected chi connectivity index (χ1v) is 13.7. The number of oxazole rings is 1. The molecule has 31 heavy (non-hydrogen) atoms. The molecule has 1 fully saturated rings. The number of hydrogen-bond acceptors (Lipinski definition) is 8. The van der Waals surface area contributed by atoms with Crippen LogP contribution in [0.15, 0.2) is 15.6 Å². The second kappa shape index (κ2) is 11.6. The summed E-state index contributed by atoms with van der Waals surface area (Å²) in [7, 11) is 1.57. The molecule has 3 rings (SSSR count). The predicted molar refractivity (Wildman–Crippen MR) is 130 cm³/mol. The number of aliphatic imine (C=N–C) groups is 1. The molecule has 0 bridgehead atoms. The topological polar surface area (TPSA) is 106 Å². The molecule has 1 aromatic rings. The van der Waals surface area contributed by atoms with Crippen molar-refractivity contribution in [3.8, 4) is 0 Å². The van der Waals surface area contributed by atoms with Crippen LogP contribution in [0.1, 0.15) is 45.3 Å². The van der Waals surface area contributed by atoms with Crippen molar-refractivity contribution in [3.05, 3.63) is 17.8 Å². The van der Waals surface area contributed by atoms with Crippen LogP contribution in [-0.4, -0.2) is 71.6 Å². The third-order valence-electron chi connectivity index (χ3n) is 5.29. The smallest absolute Gasteiger partial charge is 0.229 e. The van der Waals surface area contributed by atoms with Gasteiger partial charge in [0.25, 0.3) is 0 Å². The van der Waals surface area contributed by atoms with Gasteiger partial charge in [-0.1, -0.05) is 20.8 Å². The maximum Gasteiger partial charge on any atom is 0.229 e. The van der Waals surface area contributed by atoms with E-state index in [-0.39, 0.29) is 26.8 Å². The summed E-state index contributed by atoms with van der Waals surface area (Å²) in [4.78, 5) is 23.8. The van der Waals surface area contributed by atoms with E-state index in [9.17, 15) is 4.79 Å². The Hall–Kier alpha value is -1.20. The predicted octanol–water partition coefficient (Wildman–Crippen LogP) is 2.36. The lowest BCUT2D eigenvalue weighted by Crippen LogP contribution is -2.42. The molecule has 10 heteroatoms. The van der Waals surface area contributed by atoms with Crippen molar-refractivity contribution in [2.75, 3.05) is 45.1 Å². The fourth-order valence-electron chi connectivity index (χ4n) is 3.36. The summed E-state index contributed by atoms with van der Waals surface area (Å²) in [5, 5.41) is 3.75. The Morgan fingerprint density at radius 2 is 2.16 bits per heavy atom. The number of nitrogens with zero attached hydrogens (tertiary/aromatic N) is 3. The number of likely N-dealkylation sites (tertiary alicyclic amines) is 1. The number of aryl methyl sites for hydroxylation is 1. The van der Waals surface area contributed by atoms with Gasteiger partial charge in [-0.3, -0.25) is 4.79 Å². The molecule has 0 saturated carbocycles. The van der Waals surface area contributed by atoms with Crippen LogP contribution in [-0.2, 0) is 21.4 Å². The molecule has 3 heterocycles. The standard InChI is InChI=1S/C21H35N5O3S2/c1-21(2,3)17-14-23-18(29-17)6-13-31-15-24-20(30-31)25-19(27)16-4-8-26(9-5-16)10-12-28-11-7-22/h14-16H,4-13,22H2,1-3H3,(H,24,25,27). The molecular weight excluding hydrogens is 434 g/mol.